The van der Waals surface area contributed by atoms with Crippen molar-refractivity contribution < 1.29 is 23.4 Å². The minimum absolute atomic E-state index is 0.102. The Bertz CT molecular complexity index is 1460. The molecule has 198 valence electrons. The minimum atomic E-state index is -0.513. The molecule has 4 aromatic rings. The van der Waals surface area contributed by atoms with Gasteiger partial charge in [0.2, 0.25) is 0 Å². The number of nitrogens with one attached hydrogen (secondary N) is 1. The number of fused-ring (bicyclic) bond motifs is 1. The average Bonchev–Trinajstić information content (AvgIpc) is 3.37. The monoisotopic (exact) mass is 517 g/mol. The van der Waals surface area contributed by atoms with E-state index in [-0.39, 0.29) is 11.5 Å². The summed E-state index contributed by atoms with van der Waals surface area (Å²) in [6.45, 7) is 6.12. The van der Waals surface area contributed by atoms with Crippen LogP contribution < -0.4 is 14.8 Å². The third-order valence-corrected chi connectivity index (χ3v) is 7.02. The number of ether oxygens (including phenoxy) is 3. The van der Waals surface area contributed by atoms with E-state index in [0.29, 0.717) is 23.8 Å². The molecule has 0 unspecified atom stereocenters. The molecule has 1 aromatic heterocycles. The van der Waals surface area contributed by atoms with Crippen LogP contribution >= 0.6 is 0 Å². The van der Waals surface area contributed by atoms with E-state index in [1.165, 1.54) is 13.2 Å². The number of imidazole rings is 1. The summed E-state index contributed by atoms with van der Waals surface area (Å²) in [6, 6.07) is 14.0. The van der Waals surface area contributed by atoms with Crippen molar-refractivity contribution in [3.05, 3.63) is 71.8 Å². The Balaban J connectivity index is 1.54. The fourth-order valence-electron chi connectivity index (χ4n) is 4.81. The van der Waals surface area contributed by atoms with Gasteiger partial charge in [-0.1, -0.05) is 6.92 Å². The largest absolute Gasteiger partial charge is 0.497 e. The van der Waals surface area contributed by atoms with Crippen molar-refractivity contribution in [1.82, 2.24) is 9.55 Å². The summed E-state index contributed by atoms with van der Waals surface area (Å²) < 4.78 is 33.3. The Morgan fingerprint density at radius 1 is 1.13 bits per heavy atom. The number of nitrogens with zero attached hydrogens (tertiary/aromatic N) is 2. The van der Waals surface area contributed by atoms with E-state index < -0.39 is 5.82 Å². The van der Waals surface area contributed by atoms with E-state index in [4.69, 9.17) is 19.2 Å². The summed E-state index contributed by atoms with van der Waals surface area (Å²) in [5, 5.41) is 3.55. The number of anilines is 1. The van der Waals surface area contributed by atoms with Crippen LogP contribution in [0, 0.1) is 18.7 Å². The van der Waals surface area contributed by atoms with Gasteiger partial charge in [0, 0.05) is 55.6 Å². The summed E-state index contributed by atoms with van der Waals surface area (Å²) in [5.74, 6) is 1.10. The van der Waals surface area contributed by atoms with Gasteiger partial charge in [-0.05, 0) is 61.6 Å². The van der Waals surface area contributed by atoms with Gasteiger partial charge in [0.25, 0.3) is 0 Å². The zero-order valence-corrected chi connectivity index (χ0v) is 21.9. The number of benzene rings is 3. The molecule has 0 bridgehead atoms. The molecule has 0 amide bonds. The number of methoxy groups -OCH3 is 1. The van der Waals surface area contributed by atoms with Crippen molar-refractivity contribution in [2.24, 2.45) is 5.92 Å². The highest BCUT2D eigenvalue weighted by Crippen LogP contribution is 2.35. The molecule has 1 aliphatic rings. The van der Waals surface area contributed by atoms with Crippen molar-refractivity contribution >= 4 is 22.5 Å². The molecule has 38 heavy (non-hydrogen) atoms. The summed E-state index contributed by atoms with van der Waals surface area (Å²) in [7, 11) is 1.49. The lowest BCUT2D eigenvalue weighted by Gasteiger charge is -2.23. The molecular weight excluding hydrogens is 485 g/mol. The molecule has 0 saturated carbocycles. The summed E-state index contributed by atoms with van der Waals surface area (Å²) in [5.41, 5.74) is 4.90. The number of ketones is 1. The van der Waals surface area contributed by atoms with Crippen LogP contribution in [-0.2, 0) is 4.74 Å². The molecule has 1 saturated heterocycles. The number of hydrogen-bond donors (Lipinski definition) is 1. The van der Waals surface area contributed by atoms with Crippen LogP contribution in [-0.4, -0.2) is 42.2 Å². The van der Waals surface area contributed by atoms with Crippen molar-refractivity contribution in [3.63, 3.8) is 0 Å². The van der Waals surface area contributed by atoms with Gasteiger partial charge in [-0.25, -0.2) is 9.37 Å². The quantitative estimate of drug-likeness (QED) is 0.249. The maximum atomic E-state index is 14.7. The van der Waals surface area contributed by atoms with Gasteiger partial charge >= 0.3 is 0 Å². The minimum Gasteiger partial charge on any atom is -0.497 e. The van der Waals surface area contributed by atoms with Gasteiger partial charge in [-0.2, -0.15) is 0 Å². The Morgan fingerprint density at radius 3 is 2.66 bits per heavy atom. The fraction of sp³-hybridized carbons (Fsp3) is 0.333. The zero-order chi connectivity index (χ0) is 26.6. The van der Waals surface area contributed by atoms with Crippen molar-refractivity contribution in [2.75, 3.05) is 32.2 Å². The second-order valence-electron chi connectivity index (χ2n) is 9.56. The predicted molar refractivity (Wildman–Crippen MR) is 145 cm³/mol. The van der Waals surface area contributed by atoms with E-state index >= 15 is 0 Å². The second kappa shape index (κ2) is 11.2. The van der Waals surface area contributed by atoms with E-state index in [1.54, 1.807) is 18.5 Å². The maximum absolute atomic E-state index is 14.7. The molecule has 1 fully saturated rings. The van der Waals surface area contributed by atoms with Gasteiger partial charge in [-0.3, -0.25) is 9.36 Å². The van der Waals surface area contributed by atoms with Gasteiger partial charge in [0.1, 0.15) is 23.3 Å². The van der Waals surface area contributed by atoms with Crippen LogP contribution in [0.2, 0.25) is 0 Å². The molecular formula is C30H32FN3O4. The first kappa shape index (κ1) is 25.7. The molecule has 1 aliphatic heterocycles. The molecule has 1 N–H and O–H groups in total. The Morgan fingerprint density at radius 2 is 1.95 bits per heavy atom. The highest BCUT2D eigenvalue weighted by Gasteiger charge is 2.18. The summed E-state index contributed by atoms with van der Waals surface area (Å²) >= 11 is 0. The predicted octanol–water partition coefficient (Wildman–Crippen LogP) is 6.71. The first-order valence-corrected chi connectivity index (χ1v) is 12.9. The highest BCUT2D eigenvalue weighted by molar-refractivity contribution is 5.97. The topological polar surface area (TPSA) is 74.6 Å². The molecule has 3 aromatic carbocycles. The SMILES string of the molecule is CCC(=O)c1ccc(-n2cnc3c(NCC4CCOCC4)cc(Oc4ccc(OC)cc4F)cc32)cc1C. The van der Waals surface area contributed by atoms with Crippen molar-refractivity contribution in [3.8, 4) is 22.9 Å². The van der Waals surface area contributed by atoms with Gasteiger partial charge < -0.3 is 19.5 Å². The summed E-state index contributed by atoms with van der Waals surface area (Å²) in [4.78, 5) is 17.0. The maximum Gasteiger partial charge on any atom is 0.169 e. The van der Waals surface area contributed by atoms with E-state index in [2.05, 4.69) is 5.32 Å². The standard InChI is InChI=1S/C30H32FN3O4/c1-4-28(35)24-7-5-21(13-19(24)2)34-18-33-30-26(32-17-20-9-11-37-12-10-20)15-23(16-27(30)34)38-29-8-6-22(36-3)14-25(29)31/h5-8,13-16,18,20,32H,4,9-12,17H2,1-3H3. The number of halogens is 1. The number of hydrogen-bond acceptors (Lipinski definition) is 6. The summed E-state index contributed by atoms with van der Waals surface area (Å²) in [6.07, 6.45) is 4.22. The van der Waals surface area contributed by atoms with Crippen LogP contribution in [0.1, 0.15) is 42.1 Å². The second-order valence-corrected chi connectivity index (χ2v) is 9.56. The average molecular weight is 518 g/mol. The lowest BCUT2D eigenvalue weighted by Crippen LogP contribution is -2.22. The number of aromatic nitrogens is 2. The molecule has 0 spiro atoms. The lowest BCUT2D eigenvalue weighted by molar-refractivity contribution is 0.0699. The third-order valence-electron chi connectivity index (χ3n) is 7.02. The molecule has 5 rings (SSSR count). The molecule has 0 atom stereocenters. The number of aryl methyl sites for hydroxylation is 1. The Hall–Kier alpha value is -3.91. The van der Waals surface area contributed by atoms with Crippen LogP contribution in [0.3, 0.4) is 0 Å². The van der Waals surface area contributed by atoms with Crippen LogP contribution in [0.25, 0.3) is 16.7 Å². The molecule has 0 radical (unpaired) electrons. The number of carbonyl (C=O) groups is 1. The molecule has 7 nitrogen and oxygen atoms in total. The highest BCUT2D eigenvalue weighted by atomic mass is 19.1. The molecule has 2 heterocycles. The van der Waals surface area contributed by atoms with E-state index in [0.717, 1.165) is 66.1 Å². The lowest BCUT2D eigenvalue weighted by atomic mass is 10.0. The van der Waals surface area contributed by atoms with Crippen LogP contribution in [0.4, 0.5) is 10.1 Å². The van der Waals surface area contributed by atoms with Crippen LogP contribution in [0.15, 0.2) is 54.9 Å². The van der Waals surface area contributed by atoms with Crippen LogP contribution in [0.5, 0.6) is 17.2 Å². The van der Waals surface area contributed by atoms with Crippen molar-refractivity contribution in [2.45, 2.75) is 33.1 Å². The first-order chi connectivity index (χ1) is 18.5. The fourth-order valence-corrected chi connectivity index (χ4v) is 4.81. The van der Waals surface area contributed by atoms with E-state index in [9.17, 15) is 9.18 Å². The van der Waals surface area contributed by atoms with Gasteiger partial charge in [0.05, 0.1) is 18.3 Å². The van der Waals surface area contributed by atoms with Gasteiger partial charge in [-0.15, -0.1) is 0 Å². The normalized spacial score (nSPS) is 14.0. The smallest absolute Gasteiger partial charge is 0.169 e. The first-order valence-electron chi connectivity index (χ1n) is 12.9. The number of carbonyl (C=O) groups excluding carboxylic acids is 1. The number of rotatable bonds is 9. The van der Waals surface area contributed by atoms with Crippen molar-refractivity contribution in [1.29, 1.82) is 0 Å². The Kier molecular flexibility index (Phi) is 7.60. The molecule has 0 aliphatic carbocycles. The van der Waals surface area contributed by atoms with Gasteiger partial charge in [0.15, 0.2) is 17.3 Å². The Labute approximate surface area is 221 Å². The third kappa shape index (κ3) is 5.36. The zero-order valence-electron chi connectivity index (χ0n) is 21.9. The number of Topliss-reactive ketones (excluding diaryl/α,β-unsaturated/α-hetero) is 1. The molecule has 8 heteroatoms. The van der Waals surface area contributed by atoms with E-state index in [1.807, 2.05) is 48.7 Å².